The Hall–Kier alpha value is -2.61. The fraction of sp³-hybridized carbons (Fsp3) is 0.368. The Morgan fingerprint density at radius 2 is 2.15 bits per heavy atom. The molecule has 4 rings (SSSR count). The first-order valence-electron chi connectivity index (χ1n) is 9.07. The highest BCUT2D eigenvalue weighted by atomic mass is 32.2. The van der Waals surface area contributed by atoms with E-state index in [1.165, 1.54) is 11.8 Å². The molecule has 0 unspecified atom stereocenters. The van der Waals surface area contributed by atoms with Crippen molar-refractivity contribution in [3.63, 3.8) is 0 Å². The fourth-order valence-corrected chi connectivity index (χ4v) is 3.94. The van der Waals surface area contributed by atoms with Crippen LogP contribution in [0.15, 0.2) is 48.0 Å². The van der Waals surface area contributed by atoms with E-state index in [0.29, 0.717) is 16.9 Å². The van der Waals surface area contributed by atoms with Crippen molar-refractivity contribution in [2.45, 2.75) is 30.5 Å². The van der Waals surface area contributed by atoms with E-state index in [-0.39, 0.29) is 0 Å². The number of rotatable bonds is 5. The van der Waals surface area contributed by atoms with Crippen molar-refractivity contribution in [3.8, 4) is 0 Å². The Balaban J connectivity index is 1.54. The number of hydrogen-bond acceptors (Lipinski definition) is 7. The number of nitrogens with zero attached hydrogens (tertiary/aromatic N) is 6. The maximum atomic E-state index is 5.97. The summed E-state index contributed by atoms with van der Waals surface area (Å²) >= 11 is 1.51. The molecule has 7 nitrogen and oxygen atoms in total. The average molecular weight is 382 g/mol. The molecule has 0 spiro atoms. The first kappa shape index (κ1) is 17.8. The first-order chi connectivity index (χ1) is 13.2. The second-order valence-electron chi connectivity index (χ2n) is 6.66. The summed E-state index contributed by atoms with van der Waals surface area (Å²) in [7, 11) is 0. The van der Waals surface area contributed by atoms with E-state index in [1.54, 1.807) is 0 Å². The normalized spacial score (nSPS) is 17.2. The molecular weight excluding hydrogens is 358 g/mol. The van der Waals surface area contributed by atoms with Gasteiger partial charge in [0, 0.05) is 43.7 Å². The van der Waals surface area contributed by atoms with Crippen molar-refractivity contribution in [1.82, 2.24) is 24.5 Å². The van der Waals surface area contributed by atoms with Crippen LogP contribution in [0.4, 0.5) is 11.6 Å². The van der Waals surface area contributed by atoms with Crippen LogP contribution in [0, 0.1) is 0 Å². The predicted molar refractivity (Wildman–Crippen MR) is 108 cm³/mol. The van der Waals surface area contributed by atoms with Gasteiger partial charge in [-0.1, -0.05) is 17.8 Å². The van der Waals surface area contributed by atoms with E-state index >= 15 is 0 Å². The lowest BCUT2D eigenvalue weighted by atomic mass is 9.97. The topological polar surface area (TPSA) is 85.8 Å². The molecule has 0 saturated carbocycles. The lowest BCUT2D eigenvalue weighted by Crippen LogP contribution is -2.36. The van der Waals surface area contributed by atoms with E-state index in [2.05, 4.69) is 29.4 Å². The van der Waals surface area contributed by atoms with Crippen LogP contribution in [-0.2, 0) is 6.54 Å². The number of hydrogen-bond donors (Lipinski definition) is 1. The molecule has 4 heterocycles. The Morgan fingerprint density at radius 3 is 2.96 bits per heavy atom. The Bertz CT molecular complexity index is 896. The molecule has 27 heavy (non-hydrogen) atoms. The molecule has 0 bridgehead atoms. The number of aromatic nitrogens is 5. The van der Waals surface area contributed by atoms with Crippen LogP contribution in [0.5, 0.6) is 0 Å². The number of nitrogens with two attached hydrogens (primary N) is 1. The van der Waals surface area contributed by atoms with Crippen LogP contribution in [-0.4, -0.2) is 43.8 Å². The number of pyridine rings is 1. The molecule has 1 fully saturated rings. The molecule has 3 aromatic heterocycles. The summed E-state index contributed by atoms with van der Waals surface area (Å²) < 4.78 is 2.21. The minimum Gasteiger partial charge on any atom is -0.383 e. The van der Waals surface area contributed by atoms with Crippen LogP contribution in [0.25, 0.3) is 0 Å². The summed E-state index contributed by atoms with van der Waals surface area (Å²) in [6, 6.07) is 7.87. The number of piperidine rings is 1. The summed E-state index contributed by atoms with van der Waals surface area (Å²) in [5.74, 6) is 2.88. The molecule has 140 valence electrons. The zero-order chi connectivity index (χ0) is 18.6. The van der Waals surface area contributed by atoms with Crippen molar-refractivity contribution >= 4 is 23.4 Å². The van der Waals surface area contributed by atoms with Gasteiger partial charge in [0.05, 0.1) is 12.2 Å². The Labute approximate surface area is 163 Å². The molecule has 1 saturated heterocycles. The molecule has 1 aliphatic rings. The van der Waals surface area contributed by atoms with Crippen LogP contribution in [0.3, 0.4) is 0 Å². The highest BCUT2D eigenvalue weighted by molar-refractivity contribution is 7.98. The minimum absolute atomic E-state index is 0.353. The highest BCUT2D eigenvalue weighted by Crippen LogP contribution is 2.30. The summed E-state index contributed by atoms with van der Waals surface area (Å²) in [5, 5.41) is 0.712. The molecule has 0 amide bonds. The second-order valence-corrected chi connectivity index (χ2v) is 7.43. The van der Waals surface area contributed by atoms with Gasteiger partial charge in [-0.05, 0) is 31.2 Å². The fourth-order valence-electron chi connectivity index (χ4n) is 3.56. The maximum absolute atomic E-state index is 5.97. The molecule has 0 aliphatic carbocycles. The van der Waals surface area contributed by atoms with Gasteiger partial charge < -0.3 is 15.2 Å². The third kappa shape index (κ3) is 4.05. The van der Waals surface area contributed by atoms with Crippen LogP contribution < -0.4 is 10.6 Å². The summed E-state index contributed by atoms with van der Waals surface area (Å²) in [4.78, 5) is 20.3. The maximum Gasteiger partial charge on any atom is 0.191 e. The van der Waals surface area contributed by atoms with E-state index in [4.69, 9.17) is 5.73 Å². The molecule has 3 aromatic rings. The molecule has 1 atom stereocenters. The number of anilines is 2. The zero-order valence-corrected chi connectivity index (χ0v) is 16.1. The van der Waals surface area contributed by atoms with E-state index in [9.17, 15) is 0 Å². The molecule has 0 aromatic carbocycles. The lowest BCUT2D eigenvalue weighted by Gasteiger charge is -2.33. The Kier molecular flexibility index (Phi) is 5.24. The summed E-state index contributed by atoms with van der Waals surface area (Å²) in [5.41, 5.74) is 7.01. The van der Waals surface area contributed by atoms with Gasteiger partial charge in [-0.2, -0.15) is 0 Å². The third-order valence-electron chi connectivity index (χ3n) is 4.81. The summed E-state index contributed by atoms with van der Waals surface area (Å²) in [6.45, 7) is 2.59. The Morgan fingerprint density at radius 1 is 1.22 bits per heavy atom. The van der Waals surface area contributed by atoms with Crippen molar-refractivity contribution in [2.24, 2.45) is 0 Å². The van der Waals surface area contributed by atoms with Gasteiger partial charge in [-0.3, -0.25) is 4.98 Å². The standard InChI is InChI=1S/C19H23N7S/c1-27-19-23-16(20)11-17(24-19)25-9-4-5-14(12-25)18-22-8-10-26(18)13-15-6-2-3-7-21-15/h2-3,6-8,10-11,14H,4-5,9,12-13H2,1H3,(H2,20,23,24)/t14-/m0/s1. The lowest BCUT2D eigenvalue weighted by molar-refractivity contribution is 0.472. The van der Waals surface area contributed by atoms with Gasteiger partial charge in [0.15, 0.2) is 5.16 Å². The van der Waals surface area contributed by atoms with E-state index in [0.717, 1.165) is 49.8 Å². The van der Waals surface area contributed by atoms with Gasteiger partial charge >= 0.3 is 0 Å². The quantitative estimate of drug-likeness (QED) is 0.537. The molecule has 8 heteroatoms. The average Bonchev–Trinajstić information content (AvgIpc) is 3.16. The van der Waals surface area contributed by atoms with Gasteiger partial charge in [-0.25, -0.2) is 15.0 Å². The zero-order valence-electron chi connectivity index (χ0n) is 15.3. The number of nitrogen functional groups attached to an aromatic ring is 1. The van der Waals surface area contributed by atoms with Crippen molar-refractivity contribution in [1.29, 1.82) is 0 Å². The summed E-state index contributed by atoms with van der Waals surface area (Å²) in [6.07, 6.45) is 9.93. The van der Waals surface area contributed by atoms with Crippen LogP contribution in [0.1, 0.15) is 30.3 Å². The van der Waals surface area contributed by atoms with E-state index < -0.39 is 0 Å². The number of thioether (sulfide) groups is 1. The first-order valence-corrected chi connectivity index (χ1v) is 10.3. The van der Waals surface area contributed by atoms with Gasteiger partial charge in [0.1, 0.15) is 17.5 Å². The number of imidazole rings is 1. The van der Waals surface area contributed by atoms with Crippen molar-refractivity contribution in [3.05, 3.63) is 54.4 Å². The van der Waals surface area contributed by atoms with Crippen LogP contribution >= 0.6 is 11.8 Å². The van der Waals surface area contributed by atoms with Gasteiger partial charge in [0.2, 0.25) is 0 Å². The highest BCUT2D eigenvalue weighted by Gasteiger charge is 2.26. The van der Waals surface area contributed by atoms with E-state index in [1.807, 2.05) is 49.1 Å². The molecule has 0 radical (unpaired) electrons. The second kappa shape index (κ2) is 7.96. The largest absolute Gasteiger partial charge is 0.383 e. The molecule has 2 N–H and O–H groups in total. The molecule has 1 aliphatic heterocycles. The molecular formula is C19H23N7S. The van der Waals surface area contributed by atoms with Gasteiger partial charge in [-0.15, -0.1) is 0 Å². The third-order valence-corrected chi connectivity index (χ3v) is 5.36. The van der Waals surface area contributed by atoms with Crippen molar-refractivity contribution < 1.29 is 0 Å². The smallest absolute Gasteiger partial charge is 0.191 e. The monoisotopic (exact) mass is 381 g/mol. The SMILES string of the molecule is CSc1nc(N)cc(N2CCC[C@H](c3nccn3Cc3ccccn3)C2)n1. The van der Waals surface area contributed by atoms with Crippen molar-refractivity contribution in [2.75, 3.05) is 30.0 Å². The minimum atomic E-state index is 0.353. The predicted octanol–water partition coefficient (Wildman–Crippen LogP) is 2.80. The van der Waals surface area contributed by atoms with Crippen LogP contribution in [0.2, 0.25) is 0 Å². The van der Waals surface area contributed by atoms with Gasteiger partial charge in [0.25, 0.3) is 0 Å².